The molecule has 0 radical (unpaired) electrons. The van der Waals surface area contributed by atoms with Crippen LogP contribution in [-0.2, 0) is 28.6 Å². The Balaban J connectivity index is 4.26. The molecule has 0 N–H and O–H groups in total. The van der Waals surface area contributed by atoms with E-state index in [1.807, 2.05) is 0 Å². The number of hydrogen-bond acceptors (Lipinski definition) is 6. The summed E-state index contributed by atoms with van der Waals surface area (Å²) >= 11 is 0. The molecule has 0 saturated heterocycles. The molecule has 78 heavy (non-hydrogen) atoms. The van der Waals surface area contributed by atoms with Crippen LogP contribution in [0.4, 0.5) is 0 Å². The van der Waals surface area contributed by atoms with E-state index < -0.39 is 6.10 Å². The van der Waals surface area contributed by atoms with Crippen molar-refractivity contribution in [1.29, 1.82) is 0 Å². The van der Waals surface area contributed by atoms with Crippen LogP contribution in [0, 0.1) is 0 Å². The van der Waals surface area contributed by atoms with Crippen LogP contribution in [0.25, 0.3) is 0 Å². The molecule has 0 saturated carbocycles. The van der Waals surface area contributed by atoms with Gasteiger partial charge in [0.15, 0.2) is 6.10 Å². The Bertz CT molecular complexity index is 1390. The summed E-state index contributed by atoms with van der Waals surface area (Å²) < 4.78 is 17.0. The second-order valence-corrected chi connectivity index (χ2v) is 23.1. The molecular weight excluding hydrogens is 961 g/mol. The first kappa shape index (κ1) is 75.1. The van der Waals surface area contributed by atoms with Crippen LogP contribution in [-0.4, -0.2) is 37.2 Å². The van der Waals surface area contributed by atoms with Gasteiger partial charge < -0.3 is 14.2 Å². The molecule has 0 amide bonds. The van der Waals surface area contributed by atoms with E-state index in [2.05, 4.69) is 81.5 Å². The van der Waals surface area contributed by atoms with E-state index in [1.54, 1.807) is 0 Å². The molecule has 0 aliphatic carbocycles. The minimum absolute atomic E-state index is 0.0799. The average Bonchev–Trinajstić information content (AvgIpc) is 3.44. The zero-order valence-electron chi connectivity index (χ0n) is 52.2. The maximum Gasteiger partial charge on any atom is 0.306 e. The molecule has 0 heterocycles. The van der Waals surface area contributed by atoms with E-state index in [0.29, 0.717) is 19.3 Å². The maximum absolute atomic E-state index is 12.9. The second kappa shape index (κ2) is 66.6. The van der Waals surface area contributed by atoms with E-state index >= 15 is 0 Å². The molecule has 0 rings (SSSR count). The third-order valence-corrected chi connectivity index (χ3v) is 15.3. The minimum Gasteiger partial charge on any atom is -0.462 e. The number of esters is 3. The first-order valence-electron chi connectivity index (χ1n) is 34.3. The Hall–Kier alpha value is -2.89. The average molecular weight is 1090 g/mol. The van der Waals surface area contributed by atoms with Crippen molar-refractivity contribution in [3.05, 3.63) is 60.8 Å². The number of carbonyl (C=O) groups excluding carboxylic acids is 3. The highest BCUT2D eigenvalue weighted by Gasteiger charge is 2.19. The molecule has 454 valence electrons. The maximum atomic E-state index is 12.9. The minimum atomic E-state index is -0.786. The lowest BCUT2D eigenvalue weighted by Gasteiger charge is -2.18. The number of hydrogen-bond donors (Lipinski definition) is 0. The number of ether oxygens (including phenoxy) is 3. The van der Waals surface area contributed by atoms with Crippen LogP contribution >= 0.6 is 0 Å². The van der Waals surface area contributed by atoms with Gasteiger partial charge in [0, 0.05) is 19.3 Å². The fourth-order valence-corrected chi connectivity index (χ4v) is 10.1. The van der Waals surface area contributed by atoms with Gasteiger partial charge in [-0.3, -0.25) is 14.4 Å². The standard InChI is InChI=1S/C72H130O6/c1-4-7-10-13-16-19-22-25-28-30-32-33-34-35-36-37-38-39-40-42-44-47-50-53-56-59-62-65-71(74)77-68-69(67-76-70(73)64-61-58-55-52-49-46-43-27-24-21-18-15-12-9-6-3)78-72(75)66-63-60-57-54-51-48-45-41-31-29-26-23-20-17-14-11-8-5-2/h9,12,18,20-21,23,27,29,31,43,69H,4-8,10-11,13-17,19,22,24-26,28,30,32-42,44-68H2,1-3H3/b12-9-,21-18-,23-20-,31-29-,43-27-. The molecule has 1 unspecified atom stereocenters. The van der Waals surface area contributed by atoms with Crippen molar-refractivity contribution in [1.82, 2.24) is 0 Å². The summed E-state index contributed by atoms with van der Waals surface area (Å²) in [6.07, 6.45) is 85.3. The predicted octanol–water partition coefficient (Wildman–Crippen LogP) is 23.5. The third kappa shape index (κ3) is 63.9. The van der Waals surface area contributed by atoms with Crippen molar-refractivity contribution >= 4 is 17.9 Å². The number of allylic oxidation sites excluding steroid dienone is 10. The van der Waals surface area contributed by atoms with Crippen molar-refractivity contribution in [2.24, 2.45) is 0 Å². The van der Waals surface area contributed by atoms with Gasteiger partial charge in [0.1, 0.15) is 13.2 Å². The van der Waals surface area contributed by atoms with Crippen molar-refractivity contribution < 1.29 is 28.6 Å². The Kier molecular flexibility index (Phi) is 64.2. The van der Waals surface area contributed by atoms with Gasteiger partial charge in [-0.1, -0.05) is 319 Å². The second-order valence-electron chi connectivity index (χ2n) is 23.1. The normalized spacial score (nSPS) is 12.4. The molecule has 1 atom stereocenters. The van der Waals surface area contributed by atoms with Gasteiger partial charge >= 0.3 is 17.9 Å². The van der Waals surface area contributed by atoms with E-state index in [4.69, 9.17) is 14.2 Å². The van der Waals surface area contributed by atoms with Crippen molar-refractivity contribution in [2.75, 3.05) is 13.2 Å². The summed E-state index contributed by atoms with van der Waals surface area (Å²) in [4.78, 5) is 38.4. The third-order valence-electron chi connectivity index (χ3n) is 15.3. The lowest BCUT2D eigenvalue weighted by atomic mass is 10.0. The van der Waals surface area contributed by atoms with Gasteiger partial charge in [-0.05, 0) is 83.5 Å². The summed E-state index contributed by atoms with van der Waals surface area (Å²) in [5, 5.41) is 0. The predicted molar refractivity (Wildman–Crippen MR) is 339 cm³/mol. The highest BCUT2D eigenvalue weighted by molar-refractivity contribution is 5.71. The Morgan fingerprint density at radius 1 is 0.269 bits per heavy atom. The largest absolute Gasteiger partial charge is 0.462 e. The highest BCUT2D eigenvalue weighted by atomic mass is 16.6. The van der Waals surface area contributed by atoms with E-state index in [0.717, 1.165) is 109 Å². The van der Waals surface area contributed by atoms with Crippen LogP contribution in [0.2, 0.25) is 0 Å². The van der Waals surface area contributed by atoms with Crippen LogP contribution in [0.1, 0.15) is 361 Å². The summed E-state index contributed by atoms with van der Waals surface area (Å²) in [7, 11) is 0. The van der Waals surface area contributed by atoms with E-state index in [-0.39, 0.29) is 31.1 Å². The van der Waals surface area contributed by atoms with Crippen molar-refractivity contribution in [2.45, 2.75) is 367 Å². The van der Waals surface area contributed by atoms with Gasteiger partial charge in [-0.15, -0.1) is 0 Å². The van der Waals surface area contributed by atoms with Gasteiger partial charge in [0.2, 0.25) is 0 Å². The Labute approximate surface area is 485 Å². The lowest BCUT2D eigenvalue weighted by Crippen LogP contribution is -2.30. The van der Waals surface area contributed by atoms with E-state index in [9.17, 15) is 14.4 Å². The first-order chi connectivity index (χ1) is 38.5. The smallest absolute Gasteiger partial charge is 0.306 e. The quantitative estimate of drug-likeness (QED) is 0.0261. The lowest BCUT2D eigenvalue weighted by molar-refractivity contribution is -0.167. The fraction of sp³-hybridized carbons (Fsp3) is 0.819. The molecule has 6 nitrogen and oxygen atoms in total. The van der Waals surface area contributed by atoms with Crippen LogP contribution in [0.15, 0.2) is 60.8 Å². The molecule has 0 aromatic carbocycles. The molecule has 6 heteroatoms. The molecular formula is C72H130O6. The summed E-state index contributed by atoms with van der Waals surface area (Å²) in [6.45, 7) is 6.55. The Morgan fingerprint density at radius 3 is 0.795 bits per heavy atom. The molecule has 0 spiro atoms. The Morgan fingerprint density at radius 2 is 0.500 bits per heavy atom. The topological polar surface area (TPSA) is 78.9 Å². The van der Waals surface area contributed by atoms with Gasteiger partial charge in [-0.25, -0.2) is 0 Å². The zero-order chi connectivity index (χ0) is 56.4. The fourth-order valence-electron chi connectivity index (χ4n) is 10.1. The monoisotopic (exact) mass is 1090 g/mol. The molecule has 0 aromatic rings. The van der Waals surface area contributed by atoms with Crippen LogP contribution in [0.3, 0.4) is 0 Å². The van der Waals surface area contributed by atoms with Crippen molar-refractivity contribution in [3.63, 3.8) is 0 Å². The van der Waals surface area contributed by atoms with Gasteiger partial charge in [0.05, 0.1) is 0 Å². The molecule has 0 bridgehead atoms. The summed E-state index contributed by atoms with van der Waals surface area (Å²) in [5.41, 5.74) is 0. The van der Waals surface area contributed by atoms with Crippen molar-refractivity contribution in [3.8, 4) is 0 Å². The zero-order valence-corrected chi connectivity index (χ0v) is 52.2. The first-order valence-corrected chi connectivity index (χ1v) is 34.3. The summed E-state index contributed by atoms with van der Waals surface area (Å²) in [6, 6.07) is 0. The SMILES string of the molecule is CC/C=C\C/C=C\C/C=C\CCCCCCCC(=O)OCC(COC(=O)CCCCCCCCCCCCCCCCCCCCCCCCCCCCC)OC(=O)CCCCCCCCC/C=C\C/C=C\CCCCCC. The molecule has 0 aliphatic heterocycles. The van der Waals surface area contributed by atoms with Gasteiger partial charge in [-0.2, -0.15) is 0 Å². The number of carbonyl (C=O) groups is 3. The van der Waals surface area contributed by atoms with Crippen LogP contribution < -0.4 is 0 Å². The van der Waals surface area contributed by atoms with Crippen LogP contribution in [0.5, 0.6) is 0 Å². The highest BCUT2D eigenvalue weighted by Crippen LogP contribution is 2.18. The molecule has 0 aromatic heterocycles. The molecule has 0 fully saturated rings. The number of rotatable bonds is 63. The van der Waals surface area contributed by atoms with Gasteiger partial charge in [0.25, 0.3) is 0 Å². The summed E-state index contributed by atoms with van der Waals surface area (Å²) in [5.74, 6) is -0.885. The number of unbranched alkanes of at least 4 members (excludes halogenated alkanes) is 42. The van der Waals surface area contributed by atoms with E-state index in [1.165, 1.54) is 212 Å². The molecule has 0 aliphatic rings.